The molecule has 4 rings (SSSR count). The fraction of sp³-hybridized carbons (Fsp3) is 0.318. The Morgan fingerprint density at radius 3 is 2.43 bits per heavy atom. The van der Waals surface area contributed by atoms with Crippen LogP contribution in [-0.2, 0) is 13.2 Å². The first-order valence-corrected chi connectivity index (χ1v) is 9.76. The van der Waals surface area contributed by atoms with E-state index in [1.165, 1.54) is 16.7 Å². The van der Waals surface area contributed by atoms with Crippen LogP contribution in [0.15, 0.2) is 53.6 Å². The minimum absolute atomic E-state index is 0.111. The highest BCUT2D eigenvalue weighted by atomic mass is 19.4. The van der Waals surface area contributed by atoms with Crippen molar-refractivity contribution in [3.05, 3.63) is 70.5 Å². The van der Waals surface area contributed by atoms with Crippen molar-refractivity contribution in [2.45, 2.75) is 24.9 Å². The molecule has 0 unspecified atom stereocenters. The molecule has 0 bridgehead atoms. The zero-order chi connectivity index (χ0) is 21.3. The van der Waals surface area contributed by atoms with E-state index in [2.05, 4.69) is 10.3 Å². The molecule has 3 heterocycles. The Morgan fingerprint density at radius 1 is 1.07 bits per heavy atom. The SMILES string of the molecule is Cn1c(C2CCNCC2)nc(-c2ccncc2)c(-c2cccc(C(F)(F)F)c2)c1=O. The summed E-state index contributed by atoms with van der Waals surface area (Å²) in [6, 6.07) is 8.26. The van der Waals surface area contributed by atoms with E-state index in [9.17, 15) is 18.0 Å². The van der Waals surface area contributed by atoms with Gasteiger partial charge in [-0.25, -0.2) is 4.98 Å². The van der Waals surface area contributed by atoms with Gasteiger partial charge in [0.05, 0.1) is 16.8 Å². The summed E-state index contributed by atoms with van der Waals surface area (Å²) < 4.78 is 41.3. The van der Waals surface area contributed by atoms with Gasteiger partial charge in [0, 0.05) is 30.9 Å². The van der Waals surface area contributed by atoms with Crippen LogP contribution in [0.2, 0.25) is 0 Å². The second-order valence-electron chi connectivity index (χ2n) is 7.40. The van der Waals surface area contributed by atoms with Crippen LogP contribution in [0.3, 0.4) is 0 Å². The first-order chi connectivity index (χ1) is 14.4. The normalized spacial score (nSPS) is 15.3. The van der Waals surface area contributed by atoms with Crippen LogP contribution >= 0.6 is 0 Å². The standard InChI is InChI=1S/C22H21F3N4O/c1-29-20(15-7-11-27-12-8-15)28-19(14-5-9-26-10-6-14)18(21(29)30)16-3-2-4-17(13-16)22(23,24)25/h2-6,9-10,13,15,27H,7-8,11-12H2,1H3. The number of alkyl halides is 3. The molecule has 0 amide bonds. The second-order valence-corrected chi connectivity index (χ2v) is 7.40. The Balaban J connectivity index is 1.96. The van der Waals surface area contributed by atoms with E-state index in [0.717, 1.165) is 38.1 Å². The molecule has 0 saturated carbocycles. The van der Waals surface area contributed by atoms with E-state index in [0.29, 0.717) is 17.1 Å². The number of nitrogens with one attached hydrogen (secondary N) is 1. The molecule has 8 heteroatoms. The number of benzene rings is 1. The lowest BCUT2D eigenvalue weighted by Crippen LogP contribution is -2.32. The lowest BCUT2D eigenvalue weighted by molar-refractivity contribution is -0.137. The lowest BCUT2D eigenvalue weighted by Gasteiger charge is -2.25. The van der Waals surface area contributed by atoms with Crippen molar-refractivity contribution >= 4 is 0 Å². The highest BCUT2D eigenvalue weighted by Crippen LogP contribution is 2.35. The average Bonchev–Trinajstić information content (AvgIpc) is 2.76. The van der Waals surface area contributed by atoms with E-state index >= 15 is 0 Å². The number of rotatable bonds is 3. The zero-order valence-corrected chi connectivity index (χ0v) is 16.4. The Hall–Kier alpha value is -3.00. The molecule has 2 aromatic heterocycles. The number of aromatic nitrogens is 3. The van der Waals surface area contributed by atoms with Gasteiger partial charge in [-0.05, 0) is 55.8 Å². The average molecular weight is 414 g/mol. The number of pyridine rings is 1. The van der Waals surface area contributed by atoms with Gasteiger partial charge in [-0.3, -0.25) is 14.3 Å². The molecule has 1 fully saturated rings. The molecule has 1 aromatic carbocycles. The maximum atomic E-state index is 13.4. The van der Waals surface area contributed by atoms with Crippen molar-refractivity contribution in [3.63, 3.8) is 0 Å². The molecule has 156 valence electrons. The van der Waals surface area contributed by atoms with E-state index in [-0.39, 0.29) is 22.6 Å². The molecule has 1 saturated heterocycles. The van der Waals surface area contributed by atoms with Crippen molar-refractivity contribution in [2.24, 2.45) is 7.05 Å². The quantitative estimate of drug-likeness (QED) is 0.704. The van der Waals surface area contributed by atoms with Crippen molar-refractivity contribution < 1.29 is 13.2 Å². The van der Waals surface area contributed by atoms with Crippen LogP contribution in [0.1, 0.15) is 30.1 Å². The lowest BCUT2D eigenvalue weighted by atomic mass is 9.95. The maximum absolute atomic E-state index is 13.4. The van der Waals surface area contributed by atoms with Gasteiger partial charge in [-0.15, -0.1) is 0 Å². The monoisotopic (exact) mass is 414 g/mol. The van der Waals surface area contributed by atoms with Crippen molar-refractivity contribution in [3.8, 4) is 22.4 Å². The van der Waals surface area contributed by atoms with Gasteiger partial charge in [0.1, 0.15) is 5.82 Å². The van der Waals surface area contributed by atoms with Gasteiger partial charge in [-0.2, -0.15) is 13.2 Å². The second kappa shape index (κ2) is 8.02. The molecule has 0 radical (unpaired) electrons. The molecular formula is C22H21F3N4O. The third kappa shape index (κ3) is 3.87. The molecule has 1 N–H and O–H groups in total. The summed E-state index contributed by atoms with van der Waals surface area (Å²) in [4.78, 5) is 22.2. The molecule has 0 spiro atoms. The van der Waals surface area contributed by atoms with Crippen LogP contribution < -0.4 is 10.9 Å². The van der Waals surface area contributed by atoms with E-state index in [1.54, 1.807) is 31.6 Å². The number of piperidine rings is 1. The number of hydrogen-bond donors (Lipinski definition) is 1. The minimum atomic E-state index is -4.50. The van der Waals surface area contributed by atoms with Gasteiger partial charge in [0.2, 0.25) is 0 Å². The summed E-state index contributed by atoms with van der Waals surface area (Å²) in [6.07, 6.45) is 0.349. The Bertz CT molecular complexity index is 1100. The fourth-order valence-corrected chi connectivity index (χ4v) is 3.89. The predicted molar refractivity (Wildman–Crippen MR) is 108 cm³/mol. The summed E-state index contributed by atoms with van der Waals surface area (Å²) in [5.41, 5.74) is 0.225. The first-order valence-electron chi connectivity index (χ1n) is 9.76. The predicted octanol–water partition coefficient (Wildman–Crippen LogP) is 4.00. The summed E-state index contributed by atoms with van der Waals surface area (Å²) in [5, 5.41) is 3.29. The van der Waals surface area contributed by atoms with Crippen LogP contribution in [0.4, 0.5) is 13.2 Å². The molecule has 5 nitrogen and oxygen atoms in total. The van der Waals surface area contributed by atoms with E-state index < -0.39 is 11.7 Å². The number of nitrogens with zero attached hydrogens (tertiary/aromatic N) is 3. The summed E-state index contributed by atoms with van der Waals surface area (Å²) >= 11 is 0. The third-order valence-corrected chi connectivity index (χ3v) is 5.46. The van der Waals surface area contributed by atoms with Crippen molar-refractivity contribution in [2.75, 3.05) is 13.1 Å². The van der Waals surface area contributed by atoms with Gasteiger partial charge >= 0.3 is 6.18 Å². The van der Waals surface area contributed by atoms with Crippen LogP contribution in [0.25, 0.3) is 22.4 Å². The Kier molecular flexibility index (Phi) is 5.42. The van der Waals surface area contributed by atoms with E-state index in [1.807, 2.05) is 0 Å². The molecule has 1 aliphatic rings. The van der Waals surface area contributed by atoms with Crippen LogP contribution in [0.5, 0.6) is 0 Å². The minimum Gasteiger partial charge on any atom is -0.317 e. The molecule has 3 aromatic rings. The van der Waals surface area contributed by atoms with Crippen molar-refractivity contribution in [1.29, 1.82) is 0 Å². The van der Waals surface area contributed by atoms with Gasteiger partial charge < -0.3 is 5.32 Å². The zero-order valence-electron chi connectivity index (χ0n) is 16.4. The summed E-state index contributed by atoms with van der Waals surface area (Å²) in [5.74, 6) is 0.768. The van der Waals surface area contributed by atoms with Gasteiger partial charge in [0.25, 0.3) is 5.56 Å². The number of halogens is 3. The number of hydrogen-bond acceptors (Lipinski definition) is 4. The molecule has 0 atom stereocenters. The van der Waals surface area contributed by atoms with E-state index in [4.69, 9.17) is 4.98 Å². The molecule has 0 aliphatic carbocycles. The van der Waals surface area contributed by atoms with Gasteiger partial charge in [0.15, 0.2) is 0 Å². The maximum Gasteiger partial charge on any atom is 0.416 e. The van der Waals surface area contributed by atoms with Crippen LogP contribution in [0, 0.1) is 0 Å². The summed E-state index contributed by atoms with van der Waals surface area (Å²) in [7, 11) is 1.64. The van der Waals surface area contributed by atoms with Crippen molar-refractivity contribution in [1.82, 2.24) is 19.9 Å². The highest BCUT2D eigenvalue weighted by molar-refractivity contribution is 5.80. The van der Waals surface area contributed by atoms with Crippen LogP contribution in [-0.4, -0.2) is 27.6 Å². The largest absolute Gasteiger partial charge is 0.416 e. The smallest absolute Gasteiger partial charge is 0.317 e. The third-order valence-electron chi connectivity index (χ3n) is 5.46. The molecule has 1 aliphatic heterocycles. The first kappa shape index (κ1) is 20.3. The topological polar surface area (TPSA) is 59.8 Å². The fourth-order valence-electron chi connectivity index (χ4n) is 3.89. The highest BCUT2D eigenvalue weighted by Gasteiger charge is 2.31. The van der Waals surface area contributed by atoms with Gasteiger partial charge in [-0.1, -0.05) is 12.1 Å². The Labute approximate surface area is 171 Å². The Morgan fingerprint density at radius 2 is 1.77 bits per heavy atom. The molecular weight excluding hydrogens is 393 g/mol. The molecule has 30 heavy (non-hydrogen) atoms. The summed E-state index contributed by atoms with van der Waals surface area (Å²) in [6.45, 7) is 1.67.